The molecule has 8 nitrogen and oxygen atoms in total. The van der Waals surface area contributed by atoms with Crippen LogP contribution in [0.1, 0.15) is 35.0 Å². The molecule has 0 aliphatic heterocycles. The molecular weight excluding hydrogens is 469 g/mol. The SMILES string of the molecule is CCCS(=O)(=O)Nc1ccc(F)c(C(=O)c2ccc3ncc(-n4cncc4C)nc3c2)c1Cl. The Hall–Kier alpha value is -3.37. The molecule has 0 fully saturated rings. The smallest absolute Gasteiger partial charge is 0.232 e. The highest BCUT2D eigenvalue weighted by atomic mass is 35.5. The van der Waals surface area contributed by atoms with Crippen LogP contribution in [0.5, 0.6) is 0 Å². The average Bonchev–Trinajstić information content (AvgIpc) is 3.20. The van der Waals surface area contributed by atoms with E-state index in [4.69, 9.17) is 11.6 Å². The molecule has 2 heterocycles. The number of ketones is 1. The number of anilines is 1. The van der Waals surface area contributed by atoms with Crippen molar-refractivity contribution in [3.63, 3.8) is 0 Å². The summed E-state index contributed by atoms with van der Waals surface area (Å²) in [5, 5.41) is -0.311. The lowest BCUT2D eigenvalue weighted by molar-refractivity contribution is 0.103. The van der Waals surface area contributed by atoms with E-state index in [0.29, 0.717) is 23.3 Å². The van der Waals surface area contributed by atoms with Crippen LogP contribution in [-0.4, -0.2) is 39.5 Å². The summed E-state index contributed by atoms with van der Waals surface area (Å²) < 4.78 is 42.9. The van der Waals surface area contributed by atoms with E-state index in [9.17, 15) is 17.6 Å². The van der Waals surface area contributed by atoms with Gasteiger partial charge >= 0.3 is 0 Å². The average molecular weight is 488 g/mol. The zero-order valence-corrected chi connectivity index (χ0v) is 19.3. The van der Waals surface area contributed by atoms with Crippen LogP contribution in [0.25, 0.3) is 16.9 Å². The molecule has 0 radical (unpaired) electrons. The monoisotopic (exact) mass is 487 g/mol. The lowest BCUT2D eigenvalue weighted by Crippen LogP contribution is -2.17. The number of carbonyl (C=O) groups excluding carboxylic acids is 1. The second kappa shape index (κ2) is 8.87. The molecule has 2 aromatic carbocycles. The molecule has 11 heteroatoms. The zero-order valence-electron chi connectivity index (χ0n) is 17.7. The minimum atomic E-state index is -3.68. The molecule has 0 aliphatic rings. The number of carbonyl (C=O) groups is 1. The molecule has 4 aromatic rings. The van der Waals surface area contributed by atoms with Crippen molar-refractivity contribution in [2.45, 2.75) is 20.3 Å². The van der Waals surface area contributed by atoms with Crippen LogP contribution in [0.15, 0.2) is 49.1 Å². The number of fused-ring (bicyclic) bond motifs is 1. The molecule has 4 rings (SSSR count). The van der Waals surface area contributed by atoms with Crippen LogP contribution in [0.2, 0.25) is 5.02 Å². The van der Waals surface area contributed by atoms with Gasteiger partial charge in [-0.2, -0.15) is 0 Å². The maximum absolute atomic E-state index is 14.6. The fraction of sp³-hybridized carbons (Fsp3) is 0.182. The molecule has 33 heavy (non-hydrogen) atoms. The highest BCUT2D eigenvalue weighted by Crippen LogP contribution is 2.31. The van der Waals surface area contributed by atoms with Crippen molar-refractivity contribution in [1.29, 1.82) is 0 Å². The predicted octanol–water partition coefficient (Wildman–Crippen LogP) is 4.30. The summed E-state index contributed by atoms with van der Waals surface area (Å²) in [6.07, 6.45) is 5.25. The van der Waals surface area contributed by atoms with E-state index in [1.807, 2.05) is 6.92 Å². The first kappa shape index (κ1) is 22.8. The maximum atomic E-state index is 14.6. The maximum Gasteiger partial charge on any atom is 0.232 e. The normalized spacial score (nSPS) is 11.6. The highest BCUT2D eigenvalue weighted by molar-refractivity contribution is 7.92. The molecular formula is C22H19ClFN5O3S. The second-order valence-electron chi connectivity index (χ2n) is 7.37. The summed E-state index contributed by atoms with van der Waals surface area (Å²) >= 11 is 6.27. The number of aromatic nitrogens is 4. The Morgan fingerprint density at radius 1 is 1.18 bits per heavy atom. The first-order valence-electron chi connectivity index (χ1n) is 9.99. The summed E-state index contributed by atoms with van der Waals surface area (Å²) in [4.78, 5) is 26.1. The van der Waals surface area contributed by atoms with Crippen LogP contribution in [0.3, 0.4) is 0 Å². The number of nitrogens with zero attached hydrogens (tertiary/aromatic N) is 4. The number of imidazole rings is 1. The predicted molar refractivity (Wildman–Crippen MR) is 124 cm³/mol. The van der Waals surface area contributed by atoms with Crippen LogP contribution < -0.4 is 4.72 Å². The van der Waals surface area contributed by atoms with Gasteiger partial charge in [-0.05, 0) is 43.7 Å². The molecule has 2 aromatic heterocycles. The van der Waals surface area contributed by atoms with Gasteiger partial charge in [0.05, 0.1) is 39.3 Å². The Kier molecular flexibility index (Phi) is 6.13. The van der Waals surface area contributed by atoms with Gasteiger partial charge < -0.3 is 0 Å². The number of sulfonamides is 1. The quantitative estimate of drug-likeness (QED) is 0.389. The highest BCUT2D eigenvalue weighted by Gasteiger charge is 2.23. The van der Waals surface area contributed by atoms with Gasteiger partial charge in [0, 0.05) is 17.5 Å². The molecule has 0 saturated carbocycles. The number of nitrogens with one attached hydrogen (secondary N) is 1. The summed E-state index contributed by atoms with van der Waals surface area (Å²) in [6, 6.07) is 6.77. The number of rotatable bonds is 7. The molecule has 0 atom stereocenters. The molecule has 0 unspecified atom stereocenters. The Morgan fingerprint density at radius 3 is 2.67 bits per heavy atom. The Labute approximate surface area is 194 Å². The van der Waals surface area contributed by atoms with E-state index in [0.717, 1.165) is 11.8 Å². The first-order valence-corrected chi connectivity index (χ1v) is 12.0. The van der Waals surface area contributed by atoms with E-state index in [2.05, 4.69) is 19.7 Å². The van der Waals surface area contributed by atoms with Crippen molar-refractivity contribution in [2.75, 3.05) is 10.5 Å². The standard InChI is InChI=1S/C22H19ClFN5O3S/c1-3-8-33(31,32)28-17-7-5-15(24)20(21(17)23)22(30)14-4-6-16-18(9-14)27-19(11-26-16)29-12-25-10-13(29)2/h4-7,9-12,28H,3,8H2,1-2H3. The second-order valence-corrected chi connectivity index (χ2v) is 9.59. The van der Waals surface area contributed by atoms with Gasteiger partial charge in [-0.25, -0.2) is 22.8 Å². The van der Waals surface area contributed by atoms with Crippen molar-refractivity contribution in [3.8, 4) is 5.82 Å². The largest absolute Gasteiger partial charge is 0.288 e. The van der Waals surface area contributed by atoms with Gasteiger partial charge in [-0.15, -0.1) is 0 Å². The van der Waals surface area contributed by atoms with E-state index in [1.54, 1.807) is 36.3 Å². The molecule has 1 N–H and O–H groups in total. The lowest BCUT2D eigenvalue weighted by Gasteiger charge is -2.13. The number of hydrogen-bond donors (Lipinski definition) is 1. The van der Waals surface area contributed by atoms with Crippen LogP contribution in [-0.2, 0) is 10.0 Å². The van der Waals surface area contributed by atoms with Crippen LogP contribution in [0.4, 0.5) is 10.1 Å². The minimum Gasteiger partial charge on any atom is -0.288 e. The third-order valence-electron chi connectivity index (χ3n) is 4.92. The van der Waals surface area contributed by atoms with Crippen LogP contribution in [0, 0.1) is 12.7 Å². The van der Waals surface area contributed by atoms with Crippen molar-refractivity contribution >= 4 is 44.1 Å². The lowest BCUT2D eigenvalue weighted by atomic mass is 10.0. The summed E-state index contributed by atoms with van der Waals surface area (Å²) in [5.41, 5.74) is 1.46. The molecule has 0 aliphatic carbocycles. The van der Waals surface area contributed by atoms with Crippen molar-refractivity contribution in [3.05, 3.63) is 76.7 Å². The number of benzene rings is 2. The van der Waals surface area contributed by atoms with Crippen LogP contribution >= 0.6 is 11.6 Å². The first-order chi connectivity index (χ1) is 15.7. The van der Waals surface area contributed by atoms with E-state index in [-0.39, 0.29) is 22.0 Å². The number of hydrogen-bond acceptors (Lipinski definition) is 6. The van der Waals surface area contributed by atoms with E-state index < -0.39 is 27.2 Å². The fourth-order valence-electron chi connectivity index (χ4n) is 3.33. The minimum absolute atomic E-state index is 0.0617. The summed E-state index contributed by atoms with van der Waals surface area (Å²) in [7, 11) is -3.68. The zero-order chi connectivity index (χ0) is 23.8. The summed E-state index contributed by atoms with van der Waals surface area (Å²) in [5.74, 6) is -1.19. The molecule has 0 bridgehead atoms. The van der Waals surface area contributed by atoms with Crippen molar-refractivity contribution in [2.24, 2.45) is 0 Å². The van der Waals surface area contributed by atoms with Gasteiger partial charge in [0.1, 0.15) is 12.1 Å². The Bertz CT molecular complexity index is 1490. The molecule has 0 amide bonds. The van der Waals surface area contributed by atoms with Gasteiger partial charge in [0.25, 0.3) is 0 Å². The van der Waals surface area contributed by atoms with Crippen molar-refractivity contribution < 1.29 is 17.6 Å². The Balaban J connectivity index is 1.75. The molecule has 170 valence electrons. The Morgan fingerprint density at radius 2 is 1.97 bits per heavy atom. The third kappa shape index (κ3) is 4.57. The molecule has 0 spiro atoms. The van der Waals surface area contributed by atoms with E-state index in [1.165, 1.54) is 18.2 Å². The van der Waals surface area contributed by atoms with Gasteiger partial charge in [0.15, 0.2) is 11.6 Å². The van der Waals surface area contributed by atoms with Gasteiger partial charge in [0.2, 0.25) is 10.0 Å². The topological polar surface area (TPSA) is 107 Å². The van der Waals surface area contributed by atoms with Gasteiger partial charge in [-0.1, -0.05) is 18.5 Å². The number of aryl methyl sites for hydroxylation is 1. The van der Waals surface area contributed by atoms with E-state index >= 15 is 0 Å². The van der Waals surface area contributed by atoms with Gasteiger partial charge in [-0.3, -0.25) is 19.1 Å². The fourth-order valence-corrected chi connectivity index (χ4v) is 4.82. The number of halogens is 2. The third-order valence-corrected chi connectivity index (χ3v) is 6.79. The summed E-state index contributed by atoms with van der Waals surface area (Å²) in [6.45, 7) is 3.58. The van der Waals surface area contributed by atoms with Crippen molar-refractivity contribution in [1.82, 2.24) is 19.5 Å². The molecule has 0 saturated heterocycles.